The maximum atomic E-state index is 3.70. The number of nitrogens with zero attached hydrogens (tertiary/aromatic N) is 1. The van der Waals surface area contributed by atoms with E-state index in [0.29, 0.717) is 0 Å². The van der Waals surface area contributed by atoms with E-state index in [1.807, 2.05) is 0 Å². The van der Waals surface area contributed by atoms with E-state index >= 15 is 0 Å². The van der Waals surface area contributed by atoms with Gasteiger partial charge in [-0.15, -0.1) is 0 Å². The molecule has 0 aromatic carbocycles. The Bertz CT molecular complexity index is 311. The Balaban J connectivity index is 1.54. The topological polar surface area (TPSA) is 15.3 Å². The molecule has 1 heterocycles. The molecule has 20 heavy (non-hydrogen) atoms. The smallest absolute Gasteiger partial charge is 0.00669 e. The number of rotatable bonds is 6. The van der Waals surface area contributed by atoms with E-state index in [2.05, 4.69) is 37.1 Å². The van der Waals surface area contributed by atoms with Crippen LogP contribution >= 0.6 is 0 Å². The monoisotopic (exact) mass is 278 g/mol. The van der Waals surface area contributed by atoms with Gasteiger partial charge in [-0.1, -0.05) is 25.0 Å². The van der Waals surface area contributed by atoms with Crippen molar-refractivity contribution in [2.24, 2.45) is 11.8 Å². The number of piperidine rings is 1. The zero-order valence-electron chi connectivity index (χ0n) is 13.8. The van der Waals surface area contributed by atoms with Crippen LogP contribution in [0.4, 0.5) is 0 Å². The molecule has 0 aromatic heterocycles. The van der Waals surface area contributed by atoms with Crippen molar-refractivity contribution in [1.29, 1.82) is 0 Å². The Labute approximate surface area is 126 Å². The Morgan fingerprint density at radius 2 is 2.15 bits per heavy atom. The van der Waals surface area contributed by atoms with Crippen LogP contribution in [-0.2, 0) is 0 Å². The largest absolute Gasteiger partial charge is 0.316 e. The SMILES string of the molecule is CC1=CC(C)CC(CNCCCN2CCCCC2C)C1. The summed E-state index contributed by atoms with van der Waals surface area (Å²) < 4.78 is 0. The summed E-state index contributed by atoms with van der Waals surface area (Å²) in [6.45, 7) is 12.1. The molecule has 116 valence electrons. The number of hydrogen-bond donors (Lipinski definition) is 1. The van der Waals surface area contributed by atoms with E-state index in [0.717, 1.165) is 17.9 Å². The lowest BCUT2D eigenvalue weighted by atomic mass is 9.84. The maximum absolute atomic E-state index is 3.70. The Morgan fingerprint density at radius 3 is 2.90 bits per heavy atom. The Kier molecular flexibility index (Phi) is 6.57. The molecule has 3 unspecified atom stereocenters. The predicted molar refractivity (Wildman–Crippen MR) is 88.0 cm³/mol. The summed E-state index contributed by atoms with van der Waals surface area (Å²) in [7, 11) is 0. The minimum atomic E-state index is 0.782. The summed E-state index contributed by atoms with van der Waals surface area (Å²) in [4.78, 5) is 2.68. The average Bonchev–Trinajstić information content (AvgIpc) is 2.39. The van der Waals surface area contributed by atoms with Crippen molar-refractivity contribution in [2.75, 3.05) is 26.2 Å². The average molecular weight is 278 g/mol. The van der Waals surface area contributed by atoms with Crippen LogP contribution < -0.4 is 5.32 Å². The molecule has 0 spiro atoms. The highest BCUT2D eigenvalue weighted by Gasteiger charge is 2.18. The van der Waals surface area contributed by atoms with Gasteiger partial charge in [-0.25, -0.2) is 0 Å². The molecule has 3 atom stereocenters. The van der Waals surface area contributed by atoms with Gasteiger partial charge in [0.15, 0.2) is 0 Å². The highest BCUT2D eigenvalue weighted by molar-refractivity contribution is 5.06. The number of nitrogens with one attached hydrogen (secondary N) is 1. The van der Waals surface area contributed by atoms with Gasteiger partial charge in [0.2, 0.25) is 0 Å². The van der Waals surface area contributed by atoms with Crippen molar-refractivity contribution in [2.45, 2.75) is 65.3 Å². The third-order valence-electron chi connectivity index (χ3n) is 5.06. The molecule has 1 fully saturated rings. The number of allylic oxidation sites excluding steroid dienone is 2. The first-order valence-electron chi connectivity index (χ1n) is 8.77. The zero-order valence-corrected chi connectivity index (χ0v) is 13.8. The summed E-state index contributed by atoms with van der Waals surface area (Å²) in [5.41, 5.74) is 1.60. The van der Waals surface area contributed by atoms with Crippen molar-refractivity contribution >= 4 is 0 Å². The van der Waals surface area contributed by atoms with Gasteiger partial charge in [0.1, 0.15) is 0 Å². The lowest BCUT2D eigenvalue weighted by molar-refractivity contribution is 0.158. The lowest BCUT2D eigenvalue weighted by Gasteiger charge is -2.33. The Hall–Kier alpha value is -0.340. The second kappa shape index (κ2) is 8.19. The molecule has 1 aliphatic carbocycles. The predicted octanol–water partition coefficient (Wildman–Crippen LogP) is 3.83. The lowest BCUT2D eigenvalue weighted by Crippen LogP contribution is -2.39. The molecule has 0 radical (unpaired) electrons. The van der Waals surface area contributed by atoms with Gasteiger partial charge in [-0.2, -0.15) is 0 Å². The highest BCUT2D eigenvalue weighted by Crippen LogP contribution is 2.27. The van der Waals surface area contributed by atoms with Crippen LogP contribution in [-0.4, -0.2) is 37.1 Å². The molecule has 0 amide bonds. The summed E-state index contributed by atoms with van der Waals surface area (Å²) in [5.74, 6) is 1.65. The molecule has 0 saturated carbocycles. The van der Waals surface area contributed by atoms with Crippen molar-refractivity contribution in [3.05, 3.63) is 11.6 Å². The van der Waals surface area contributed by atoms with E-state index in [1.54, 1.807) is 5.57 Å². The highest BCUT2D eigenvalue weighted by atomic mass is 15.2. The third-order valence-corrected chi connectivity index (χ3v) is 5.06. The van der Waals surface area contributed by atoms with Crippen LogP contribution in [0, 0.1) is 11.8 Å². The number of likely N-dealkylation sites (tertiary alicyclic amines) is 1. The minimum Gasteiger partial charge on any atom is -0.316 e. The molecule has 2 aliphatic rings. The molecular formula is C18H34N2. The fourth-order valence-corrected chi connectivity index (χ4v) is 4.04. The third kappa shape index (κ3) is 5.21. The van der Waals surface area contributed by atoms with Crippen LogP contribution in [0.5, 0.6) is 0 Å². The molecule has 1 aliphatic heterocycles. The molecule has 2 heteroatoms. The fraction of sp³-hybridized carbons (Fsp3) is 0.889. The minimum absolute atomic E-state index is 0.782. The van der Waals surface area contributed by atoms with Gasteiger partial charge < -0.3 is 10.2 Å². The summed E-state index contributed by atoms with van der Waals surface area (Å²) in [6, 6.07) is 0.815. The summed E-state index contributed by atoms with van der Waals surface area (Å²) in [6.07, 6.45) is 10.7. The van der Waals surface area contributed by atoms with Crippen molar-refractivity contribution in [3.8, 4) is 0 Å². The second-order valence-corrected chi connectivity index (χ2v) is 7.23. The zero-order chi connectivity index (χ0) is 14.4. The Morgan fingerprint density at radius 1 is 1.30 bits per heavy atom. The van der Waals surface area contributed by atoms with E-state index in [-0.39, 0.29) is 0 Å². The quantitative estimate of drug-likeness (QED) is 0.587. The van der Waals surface area contributed by atoms with Crippen LogP contribution in [0.25, 0.3) is 0 Å². The van der Waals surface area contributed by atoms with Crippen LogP contribution in [0.1, 0.15) is 59.3 Å². The van der Waals surface area contributed by atoms with Crippen molar-refractivity contribution in [3.63, 3.8) is 0 Å². The molecule has 1 N–H and O–H groups in total. The van der Waals surface area contributed by atoms with E-state index in [1.165, 1.54) is 64.7 Å². The molecule has 1 saturated heterocycles. The molecular weight excluding hydrogens is 244 g/mol. The van der Waals surface area contributed by atoms with Gasteiger partial charge >= 0.3 is 0 Å². The van der Waals surface area contributed by atoms with Crippen molar-refractivity contribution in [1.82, 2.24) is 10.2 Å². The maximum Gasteiger partial charge on any atom is 0.00669 e. The van der Waals surface area contributed by atoms with Crippen molar-refractivity contribution < 1.29 is 0 Å². The molecule has 0 aromatic rings. The van der Waals surface area contributed by atoms with Gasteiger partial charge in [0, 0.05) is 6.04 Å². The first-order valence-corrected chi connectivity index (χ1v) is 8.77. The van der Waals surface area contributed by atoms with Crippen LogP contribution in [0.3, 0.4) is 0 Å². The first-order chi connectivity index (χ1) is 9.65. The molecule has 2 rings (SSSR count). The van der Waals surface area contributed by atoms with Gasteiger partial charge in [0.05, 0.1) is 0 Å². The van der Waals surface area contributed by atoms with Crippen LogP contribution in [0.2, 0.25) is 0 Å². The van der Waals surface area contributed by atoms with E-state index < -0.39 is 0 Å². The summed E-state index contributed by atoms with van der Waals surface area (Å²) in [5, 5.41) is 3.70. The molecule has 2 nitrogen and oxygen atoms in total. The van der Waals surface area contributed by atoms with Crippen LogP contribution in [0.15, 0.2) is 11.6 Å². The second-order valence-electron chi connectivity index (χ2n) is 7.23. The molecule has 0 bridgehead atoms. The number of hydrogen-bond acceptors (Lipinski definition) is 2. The van der Waals surface area contributed by atoms with Gasteiger partial charge in [0.25, 0.3) is 0 Å². The van der Waals surface area contributed by atoms with E-state index in [4.69, 9.17) is 0 Å². The first kappa shape index (κ1) is 16.0. The van der Waals surface area contributed by atoms with E-state index in [9.17, 15) is 0 Å². The standard InChI is InChI=1S/C18H34N2/c1-15-11-16(2)13-18(12-15)14-19-8-6-10-20-9-5-4-7-17(20)3/h11,15,17-19H,4-10,12-14H2,1-3H3. The normalized spacial score (nSPS) is 32.1. The van der Waals surface area contributed by atoms with Gasteiger partial charge in [-0.05, 0) is 84.0 Å². The van der Waals surface area contributed by atoms with Gasteiger partial charge in [-0.3, -0.25) is 0 Å². The summed E-state index contributed by atoms with van der Waals surface area (Å²) >= 11 is 0. The fourth-order valence-electron chi connectivity index (χ4n) is 4.04.